The first-order valence-corrected chi connectivity index (χ1v) is 7.05. The van der Waals surface area contributed by atoms with E-state index in [1.165, 1.54) is 12.8 Å². The van der Waals surface area contributed by atoms with Gasteiger partial charge in [0.1, 0.15) is 6.04 Å². The maximum absolute atomic E-state index is 12.3. The van der Waals surface area contributed by atoms with E-state index in [0.29, 0.717) is 12.0 Å². The number of hydrogen-bond donors (Lipinski definition) is 0. The zero-order valence-electron chi connectivity index (χ0n) is 11.7. The van der Waals surface area contributed by atoms with Crippen LogP contribution in [0.2, 0.25) is 0 Å². The van der Waals surface area contributed by atoms with E-state index in [0.717, 1.165) is 18.4 Å². The number of carbonyl (C=O) groups is 2. The van der Waals surface area contributed by atoms with Crippen LogP contribution in [-0.4, -0.2) is 23.6 Å². The van der Waals surface area contributed by atoms with Gasteiger partial charge in [0.05, 0.1) is 0 Å². The van der Waals surface area contributed by atoms with Gasteiger partial charge in [0.15, 0.2) is 5.78 Å². The molecule has 0 spiro atoms. The highest BCUT2D eigenvalue weighted by atomic mass is 16.2. The Bertz CT molecular complexity index is 481. The molecule has 3 nitrogen and oxygen atoms in total. The molecule has 0 radical (unpaired) electrons. The van der Waals surface area contributed by atoms with E-state index < -0.39 is 0 Å². The van der Waals surface area contributed by atoms with Gasteiger partial charge in [-0.1, -0.05) is 44.4 Å². The average molecular weight is 259 g/mol. The lowest BCUT2D eigenvalue weighted by molar-refractivity contribution is -0.123. The summed E-state index contributed by atoms with van der Waals surface area (Å²) in [4.78, 5) is 26.0. The molecule has 1 unspecified atom stereocenters. The van der Waals surface area contributed by atoms with Crippen LogP contribution in [-0.2, 0) is 4.79 Å². The first kappa shape index (κ1) is 13.8. The van der Waals surface area contributed by atoms with Gasteiger partial charge in [-0.05, 0) is 18.1 Å². The summed E-state index contributed by atoms with van der Waals surface area (Å²) in [5.41, 5.74) is 1.55. The fourth-order valence-electron chi connectivity index (χ4n) is 2.70. The SMILES string of the molecule is CCCCCCC(=O)C1c2ccccc2C(=O)N1C. The molecule has 1 aliphatic heterocycles. The van der Waals surface area contributed by atoms with E-state index in [-0.39, 0.29) is 17.7 Å². The molecule has 1 amide bonds. The van der Waals surface area contributed by atoms with E-state index in [1.807, 2.05) is 18.2 Å². The molecule has 0 saturated heterocycles. The summed E-state index contributed by atoms with van der Waals surface area (Å²) in [7, 11) is 1.72. The summed E-state index contributed by atoms with van der Waals surface area (Å²) in [6.07, 6.45) is 4.92. The zero-order chi connectivity index (χ0) is 13.8. The number of hydrogen-bond acceptors (Lipinski definition) is 2. The van der Waals surface area contributed by atoms with Gasteiger partial charge in [0.2, 0.25) is 0 Å². The van der Waals surface area contributed by atoms with Crippen molar-refractivity contribution in [3.63, 3.8) is 0 Å². The summed E-state index contributed by atoms with van der Waals surface area (Å²) in [5.74, 6) is 0.124. The number of ketones is 1. The number of Topliss-reactive ketones (excluding diaryl/α,β-unsaturated/α-hetero) is 1. The van der Waals surface area contributed by atoms with Crippen LogP contribution in [0.25, 0.3) is 0 Å². The number of likely N-dealkylation sites (N-methyl/N-ethyl adjacent to an activating group) is 1. The zero-order valence-corrected chi connectivity index (χ0v) is 11.7. The molecule has 0 N–H and O–H groups in total. The van der Waals surface area contributed by atoms with Crippen molar-refractivity contribution in [1.82, 2.24) is 4.90 Å². The molecular weight excluding hydrogens is 238 g/mol. The molecule has 0 bridgehead atoms. The molecule has 1 aromatic rings. The summed E-state index contributed by atoms with van der Waals surface area (Å²) in [5, 5.41) is 0. The predicted octanol–water partition coefficient (Wildman–Crippen LogP) is 3.35. The van der Waals surface area contributed by atoms with Crippen molar-refractivity contribution >= 4 is 11.7 Å². The van der Waals surface area contributed by atoms with E-state index in [9.17, 15) is 9.59 Å². The van der Waals surface area contributed by atoms with Crippen LogP contribution in [0.3, 0.4) is 0 Å². The van der Waals surface area contributed by atoms with Gasteiger partial charge in [0.25, 0.3) is 5.91 Å². The van der Waals surface area contributed by atoms with Crippen molar-refractivity contribution in [2.45, 2.75) is 45.1 Å². The molecule has 1 atom stereocenters. The lowest BCUT2D eigenvalue weighted by atomic mass is 9.98. The van der Waals surface area contributed by atoms with Crippen LogP contribution in [0.5, 0.6) is 0 Å². The number of benzene rings is 1. The predicted molar refractivity (Wildman–Crippen MR) is 75.0 cm³/mol. The van der Waals surface area contributed by atoms with Gasteiger partial charge in [-0.25, -0.2) is 0 Å². The Morgan fingerprint density at radius 2 is 1.95 bits per heavy atom. The van der Waals surface area contributed by atoms with Crippen LogP contribution in [0, 0.1) is 0 Å². The molecule has 0 fully saturated rings. The minimum absolute atomic E-state index is 0.0393. The maximum Gasteiger partial charge on any atom is 0.254 e. The van der Waals surface area contributed by atoms with E-state index in [1.54, 1.807) is 18.0 Å². The Hall–Kier alpha value is -1.64. The smallest absolute Gasteiger partial charge is 0.254 e. The van der Waals surface area contributed by atoms with Crippen LogP contribution >= 0.6 is 0 Å². The number of amides is 1. The number of rotatable bonds is 6. The first-order chi connectivity index (χ1) is 9.16. The summed E-state index contributed by atoms with van der Waals surface area (Å²) < 4.78 is 0. The summed E-state index contributed by atoms with van der Waals surface area (Å²) in [6.45, 7) is 2.15. The number of fused-ring (bicyclic) bond motifs is 1. The highest BCUT2D eigenvalue weighted by molar-refractivity contribution is 6.04. The minimum Gasteiger partial charge on any atom is -0.328 e. The number of nitrogens with zero attached hydrogens (tertiary/aromatic N) is 1. The Morgan fingerprint density at radius 1 is 1.21 bits per heavy atom. The second-order valence-corrected chi connectivity index (χ2v) is 5.18. The largest absolute Gasteiger partial charge is 0.328 e. The molecule has 2 rings (SSSR count). The van der Waals surface area contributed by atoms with Crippen molar-refractivity contribution in [3.05, 3.63) is 35.4 Å². The second-order valence-electron chi connectivity index (χ2n) is 5.18. The van der Waals surface area contributed by atoms with Crippen LogP contribution in [0.15, 0.2) is 24.3 Å². The van der Waals surface area contributed by atoms with Crippen molar-refractivity contribution in [2.75, 3.05) is 7.05 Å². The molecule has 1 heterocycles. The van der Waals surface area contributed by atoms with Gasteiger partial charge in [-0.15, -0.1) is 0 Å². The molecule has 19 heavy (non-hydrogen) atoms. The fraction of sp³-hybridized carbons (Fsp3) is 0.500. The van der Waals surface area contributed by atoms with E-state index >= 15 is 0 Å². The van der Waals surface area contributed by atoms with Gasteiger partial charge in [-0.3, -0.25) is 9.59 Å². The normalized spacial score (nSPS) is 17.7. The quantitative estimate of drug-likeness (QED) is 0.735. The highest BCUT2D eigenvalue weighted by Crippen LogP contribution is 2.33. The topological polar surface area (TPSA) is 37.4 Å². The molecule has 1 aliphatic rings. The third kappa shape index (κ3) is 2.70. The molecule has 0 aromatic heterocycles. The Morgan fingerprint density at radius 3 is 2.68 bits per heavy atom. The lowest BCUT2D eigenvalue weighted by Crippen LogP contribution is -2.28. The highest BCUT2D eigenvalue weighted by Gasteiger charge is 2.37. The lowest BCUT2D eigenvalue weighted by Gasteiger charge is -2.19. The molecule has 0 aliphatic carbocycles. The third-order valence-electron chi connectivity index (χ3n) is 3.78. The summed E-state index contributed by atoms with van der Waals surface area (Å²) >= 11 is 0. The van der Waals surface area contributed by atoms with Gasteiger partial charge in [-0.2, -0.15) is 0 Å². The molecule has 3 heteroatoms. The second kappa shape index (κ2) is 6.00. The van der Waals surface area contributed by atoms with Crippen LogP contribution in [0.1, 0.15) is 61.0 Å². The maximum atomic E-state index is 12.3. The minimum atomic E-state index is -0.370. The van der Waals surface area contributed by atoms with Crippen LogP contribution in [0.4, 0.5) is 0 Å². The van der Waals surface area contributed by atoms with Crippen molar-refractivity contribution in [2.24, 2.45) is 0 Å². The van der Waals surface area contributed by atoms with Gasteiger partial charge < -0.3 is 4.90 Å². The third-order valence-corrected chi connectivity index (χ3v) is 3.78. The molecular formula is C16H21NO2. The van der Waals surface area contributed by atoms with Crippen molar-refractivity contribution < 1.29 is 9.59 Å². The Labute approximate surface area is 114 Å². The number of unbranched alkanes of at least 4 members (excludes halogenated alkanes) is 3. The Balaban J connectivity index is 2.08. The standard InChI is InChI=1S/C16H21NO2/c1-3-4-5-6-11-14(18)15-12-9-7-8-10-13(12)16(19)17(15)2/h7-10,15H,3-6,11H2,1-2H3. The van der Waals surface area contributed by atoms with Gasteiger partial charge in [0, 0.05) is 19.0 Å². The molecule has 102 valence electrons. The van der Waals surface area contributed by atoms with Crippen molar-refractivity contribution in [3.8, 4) is 0 Å². The number of carbonyl (C=O) groups excluding carboxylic acids is 2. The van der Waals surface area contributed by atoms with Gasteiger partial charge >= 0.3 is 0 Å². The summed E-state index contributed by atoms with van der Waals surface area (Å²) in [6, 6.07) is 7.07. The Kier molecular flexibility index (Phi) is 4.35. The van der Waals surface area contributed by atoms with Crippen LogP contribution < -0.4 is 0 Å². The monoisotopic (exact) mass is 259 g/mol. The van der Waals surface area contributed by atoms with E-state index in [2.05, 4.69) is 6.92 Å². The molecule has 1 aromatic carbocycles. The first-order valence-electron chi connectivity index (χ1n) is 7.05. The molecule has 0 saturated carbocycles. The van der Waals surface area contributed by atoms with Crippen molar-refractivity contribution in [1.29, 1.82) is 0 Å². The average Bonchev–Trinajstić information content (AvgIpc) is 2.68. The van der Waals surface area contributed by atoms with E-state index in [4.69, 9.17) is 0 Å². The fourth-order valence-corrected chi connectivity index (χ4v) is 2.70.